The summed E-state index contributed by atoms with van der Waals surface area (Å²) in [6, 6.07) is 28.0. The van der Waals surface area contributed by atoms with Gasteiger partial charge in [0.15, 0.2) is 12.0 Å². The van der Waals surface area contributed by atoms with Gasteiger partial charge in [-0.2, -0.15) is 0 Å². The summed E-state index contributed by atoms with van der Waals surface area (Å²) < 4.78 is 19.9. The van der Waals surface area contributed by atoms with Crippen molar-refractivity contribution >= 4 is 23.1 Å². The van der Waals surface area contributed by atoms with Gasteiger partial charge >= 0.3 is 0 Å². The van der Waals surface area contributed by atoms with Crippen molar-refractivity contribution in [3.8, 4) is 11.5 Å². The number of carbonyl (C=O) groups is 2. The molecule has 39 heavy (non-hydrogen) atoms. The standard InChI is InChI=1S/C32H25FN2O4/c1-35(19-21-14-16-24(33)17-15-21)32(38)27-26(20-36)31(28-25(29(27)37)13-8-18-34-28)39-30(22-9-4-2-5-10-22)23-11-6-3-7-12-23/h2-18,20,30,37H,19H2,1H3. The number of benzene rings is 4. The number of phenols is 1. The maximum Gasteiger partial charge on any atom is 0.258 e. The molecule has 1 aromatic heterocycles. The fourth-order valence-electron chi connectivity index (χ4n) is 4.56. The third-order valence-electron chi connectivity index (χ3n) is 6.48. The lowest BCUT2D eigenvalue weighted by Gasteiger charge is -2.25. The molecule has 0 bridgehead atoms. The Morgan fingerprint density at radius 3 is 2.15 bits per heavy atom. The maximum atomic E-state index is 13.7. The number of ether oxygens (including phenoxy) is 1. The molecule has 0 unspecified atom stereocenters. The largest absolute Gasteiger partial charge is 0.506 e. The van der Waals surface area contributed by atoms with Crippen LogP contribution in [0.3, 0.4) is 0 Å². The second-order valence-corrected chi connectivity index (χ2v) is 9.09. The smallest absolute Gasteiger partial charge is 0.258 e. The number of hydrogen-bond donors (Lipinski definition) is 1. The number of amides is 1. The number of pyridine rings is 1. The van der Waals surface area contributed by atoms with Crippen LogP contribution >= 0.6 is 0 Å². The minimum absolute atomic E-state index is 0.0923. The second-order valence-electron chi connectivity index (χ2n) is 9.09. The molecule has 194 valence electrons. The van der Waals surface area contributed by atoms with Crippen molar-refractivity contribution in [2.75, 3.05) is 7.05 Å². The van der Waals surface area contributed by atoms with E-state index in [1.54, 1.807) is 31.3 Å². The van der Waals surface area contributed by atoms with Crippen molar-refractivity contribution < 1.29 is 23.8 Å². The van der Waals surface area contributed by atoms with Gasteiger partial charge in [0.2, 0.25) is 0 Å². The Hall–Kier alpha value is -5.04. The van der Waals surface area contributed by atoms with Crippen LogP contribution in [0, 0.1) is 5.82 Å². The van der Waals surface area contributed by atoms with Crippen molar-refractivity contribution in [2.45, 2.75) is 12.6 Å². The molecule has 0 saturated heterocycles. The molecular weight excluding hydrogens is 495 g/mol. The summed E-state index contributed by atoms with van der Waals surface area (Å²) in [5.74, 6) is -1.25. The van der Waals surface area contributed by atoms with Gasteiger partial charge in [-0.25, -0.2) is 4.39 Å². The van der Waals surface area contributed by atoms with Crippen LogP contribution in [0.25, 0.3) is 10.9 Å². The first-order valence-electron chi connectivity index (χ1n) is 12.3. The molecule has 0 spiro atoms. The van der Waals surface area contributed by atoms with Crippen LogP contribution in [0.4, 0.5) is 4.39 Å². The Kier molecular flexibility index (Phi) is 7.32. The van der Waals surface area contributed by atoms with Crippen LogP contribution < -0.4 is 4.74 Å². The summed E-state index contributed by atoms with van der Waals surface area (Å²) >= 11 is 0. The number of halogens is 1. The molecule has 6 nitrogen and oxygen atoms in total. The molecule has 0 aliphatic heterocycles. The van der Waals surface area contributed by atoms with E-state index in [1.807, 2.05) is 60.7 Å². The summed E-state index contributed by atoms with van der Waals surface area (Å²) in [6.45, 7) is 0.134. The van der Waals surface area contributed by atoms with Crippen molar-refractivity contribution in [3.05, 3.63) is 137 Å². The molecule has 0 aliphatic rings. The van der Waals surface area contributed by atoms with Crippen molar-refractivity contribution in [3.63, 3.8) is 0 Å². The van der Waals surface area contributed by atoms with E-state index in [0.717, 1.165) is 11.1 Å². The first-order chi connectivity index (χ1) is 19.0. The Morgan fingerprint density at radius 1 is 0.949 bits per heavy atom. The summed E-state index contributed by atoms with van der Waals surface area (Å²) in [4.78, 5) is 32.0. The molecule has 1 heterocycles. The third kappa shape index (κ3) is 5.20. The van der Waals surface area contributed by atoms with E-state index in [9.17, 15) is 19.1 Å². The first-order valence-corrected chi connectivity index (χ1v) is 12.3. The number of rotatable bonds is 8. The van der Waals surface area contributed by atoms with Gasteiger partial charge < -0.3 is 14.7 Å². The molecule has 5 aromatic rings. The van der Waals surface area contributed by atoms with E-state index in [2.05, 4.69) is 4.98 Å². The summed E-state index contributed by atoms with van der Waals surface area (Å²) in [5, 5.41) is 11.5. The number of carbonyl (C=O) groups excluding carboxylic acids is 2. The van der Waals surface area contributed by atoms with Crippen LogP contribution in [0.2, 0.25) is 0 Å². The molecule has 5 rings (SSSR count). The van der Waals surface area contributed by atoms with Gasteiger partial charge in [-0.3, -0.25) is 14.6 Å². The van der Waals surface area contributed by atoms with E-state index in [4.69, 9.17) is 4.74 Å². The predicted molar refractivity (Wildman–Crippen MR) is 146 cm³/mol. The number of fused-ring (bicyclic) bond motifs is 1. The molecule has 0 radical (unpaired) electrons. The molecule has 0 saturated carbocycles. The molecule has 7 heteroatoms. The number of hydrogen-bond acceptors (Lipinski definition) is 5. The lowest BCUT2D eigenvalue weighted by atomic mass is 9.98. The zero-order valence-corrected chi connectivity index (χ0v) is 21.1. The molecule has 1 N–H and O–H groups in total. The zero-order valence-electron chi connectivity index (χ0n) is 21.1. The molecular formula is C32H25FN2O4. The van der Waals surface area contributed by atoms with E-state index >= 15 is 0 Å². The van der Waals surface area contributed by atoms with E-state index in [0.29, 0.717) is 11.8 Å². The minimum atomic E-state index is -0.624. The number of phenolic OH excluding ortho intramolecular Hbond substituents is 1. The predicted octanol–water partition coefficient (Wildman–Crippen LogP) is 6.33. The molecule has 0 aliphatic carbocycles. The highest BCUT2D eigenvalue weighted by Gasteiger charge is 2.29. The van der Waals surface area contributed by atoms with E-state index in [-0.39, 0.29) is 45.9 Å². The van der Waals surface area contributed by atoms with Gasteiger partial charge in [0.05, 0.1) is 11.1 Å². The summed E-state index contributed by atoms with van der Waals surface area (Å²) in [5.41, 5.74) is 2.31. The normalized spacial score (nSPS) is 10.9. The molecule has 4 aromatic carbocycles. The highest BCUT2D eigenvalue weighted by atomic mass is 19.1. The highest BCUT2D eigenvalue weighted by Crippen LogP contribution is 2.42. The summed E-state index contributed by atoms with van der Waals surface area (Å²) in [7, 11) is 1.55. The number of aromatic nitrogens is 1. The lowest BCUT2D eigenvalue weighted by Crippen LogP contribution is -2.27. The second kappa shape index (κ2) is 11.1. The lowest BCUT2D eigenvalue weighted by molar-refractivity contribution is 0.0778. The maximum absolute atomic E-state index is 13.7. The van der Waals surface area contributed by atoms with Crippen molar-refractivity contribution in [2.24, 2.45) is 0 Å². The Balaban J connectivity index is 1.65. The van der Waals surface area contributed by atoms with Crippen LogP contribution in [0.5, 0.6) is 11.5 Å². The zero-order chi connectivity index (χ0) is 27.4. The Morgan fingerprint density at radius 2 is 1.56 bits per heavy atom. The van der Waals surface area contributed by atoms with Gasteiger partial charge in [-0.1, -0.05) is 72.8 Å². The van der Waals surface area contributed by atoms with Crippen LogP contribution in [-0.2, 0) is 6.54 Å². The fourth-order valence-corrected chi connectivity index (χ4v) is 4.56. The van der Waals surface area contributed by atoms with Gasteiger partial charge in [0, 0.05) is 25.2 Å². The average molecular weight is 521 g/mol. The van der Waals surface area contributed by atoms with Gasteiger partial charge in [0.25, 0.3) is 5.91 Å². The van der Waals surface area contributed by atoms with E-state index < -0.39 is 12.0 Å². The first kappa shape index (κ1) is 25.6. The third-order valence-corrected chi connectivity index (χ3v) is 6.48. The molecule has 0 fully saturated rings. The SMILES string of the molecule is CN(Cc1ccc(F)cc1)C(=O)c1c(C=O)c(OC(c2ccccc2)c2ccccc2)c2ncccc2c1O. The quantitative estimate of drug-likeness (QED) is 0.242. The van der Waals surface area contributed by atoms with Crippen LogP contribution in [0.15, 0.2) is 103 Å². The Bertz CT molecular complexity index is 1580. The summed E-state index contributed by atoms with van der Waals surface area (Å²) in [6.07, 6.45) is 1.42. The van der Waals surface area contributed by atoms with Crippen molar-refractivity contribution in [1.29, 1.82) is 0 Å². The van der Waals surface area contributed by atoms with Gasteiger partial charge in [-0.05, 0) is 41.0 Å². The molecule has 1 amide bonds. The Labute approximate surface area is 224 Å². The van der Waals surface area contributed by atoms with E-state index in [1.165, 1.54) is 23.2 Å². The van der Waals surface area contributed by atoms with Gasteiger partial charge in [-0.15, -0.1) is 0 Å². The fraction of sp³-hybridized carbons (Fsp3) is 0.0938. The van der Waals surface area contributed by atoms with Gasteiger partial charge in [0.1, 0.15) is 23.2 Å². The topological polar surface area (TPSA) is 79.7 Å². The molecule has 0 atom stereocenters. The van der Waals surface area contributed by atoms with Crippen molar-refractivity contribution in [1.82, 2.24) is 9.88 Å². The van der Waals surface area contributed by atoms with Crippen LogP contribution in [-0.4, -0.2) is 34.2 Å². The monoisotopic (exact) mass is 520 g/mol. The number of aldehydes is 1. The minimum Gasteiger partial charge on any atom is -0.506 e. The van der Waals surface area contributed by atoms with Crippen LogP contribution in [0.1, 0.15) is 43.5 Å². The number of aromatic hydroxyl groups is 1. The highest BCUT2D eigenvalue weighted by molar-refractivity contribution is 6.12. The average Bonchev–Trinajstić information content (AvgIpc) is 2.98. The number of nitrogens with zero attached hydrogens (tertiary/aromatic N) is 2.